The highest BCUT2D eigenvalue weighted by atomic mass is 32.1. The van der Waals surface area contributed by atoms with E-state index in [0.29, 0.717) is 6.04 Å². The van der Waals surface area contributed by atoms with E-state index in [9.17, 15) is 0 Å². The Kier molecular flexibility index (Phi) is 4.13. The van der Waals surface area contributed by atoms with Crippen LogP contribution in [0.4, 0.5) is 0 Å². The maximum Gasteiger partial charge on any atom is 0.107 e. The maximum atomic E-state index is 4.21. The van der Waals surface area contributed by atoms with Gasteiger partial charge in [0, 0.05) is 36.3 Å². The molecule has 4 heteroatoms. The molecule has 2 N–H and O–H groups in total. The highest BCUT2D eigenvalue weighted by Gasteiger charge is 2.08. The van der Waals surface area contributed by atoms with Crippen molar-refractivity contribution in [2.24, 2.45) is 0 Å². The first-order chi connectivity index (χ1) is 7.90. The van der Waals surface area contributed by atoms with Crippen LogP contribution < -0.4 is 5.32 Å². The summed E-state index contributed by atoms with van der Waals surface area (Å²) >= 11 is 1.82. The van der Waals surface area contributed by atoms with E-state index in [-0.39, 0.29) is 0 Å². The van der Waals surface area contributed by atoms with E-state index >= 15 is 0 Å². The minimum absolute atomic E-state index is 0.481. The Morgan fingerprint density at radius 3 is 3.12 bits per heavy atom. The molecule has 0 saturated heterocycles. The van der Waals surface area contributed by atoms with E-state index in [0.717, 1.165) is 25.2 Å². The fourth-order valence-electron chi connectivity index (χ4n) is 1.74. The molecule has 0 bridgehead atoms. The fraction of sp³-hybridized carbons (Fsp3) is 0.417. The highest BCUT2D eigenvalue weighted by Crippen LogP contribution is 2.21. The summed E-state index contributed by atoms with van der Waals surface area (Å²) in [6.45, 7) is 3.17. The Morgan fingerprint density at radius 2 is 2.50 bits per heavy atom. The number of thiophene rings is 1. The monoisotopic (exact) mass is 235 g/mol. The number of nitrogens with zero attached hydrogens (tertiary/aromatic N) is 1. The van der Waals surface area contributed by atoms with Gasteiger partial charge in [-0.2, -0.15) is 0 Å². The van der Waals surface area contributed by atoms with Gasteiger partial charge in [0.15, 0.2) is 0 Å². The van der Waals surface area contributed by atoms with Crippen molar-refractivity contribution in [3.63, 3.8) is 0 Å². The van der Waals surface area contributed by atoms with Gasteiger partial charge in [-0.25, -0.2) is 4.98 Å². The standard InChI is InChI=1S/C12H17N3S/c1-2-10(11-4-3-9-16-11)13-6-5-12-14-7-8-15-12/h3-4,7-10,13H,2,5-6H2,1H3,(H,14,15). The number of rotatable bonds is 6. The molecule has 0 aromatic carbocycles. The molecule has 3 nitrogen and oxygen atoms in total. The summed E-state index contributed by atoms with van der Waals surface area (Å²) in [4.78, 5) is 8.74. The molecule has 2 aromatic rings. The minimum Gasteiger partial charge on any atom is -0.349 e. The average molecular weight is 235 g/mol. The zero-order valence-electron chi connectivity index (χ0n) is 9.44. The van der Waals surface area contributed by atoms with Gasteiger partial charge in [0.25, 0.3) is 0 Å². The van der Waals surface area contributed by atoms with Crippen molar-refractivity contribution in [1.29, 1.82) is 0 Å². The molecule has 16 heavy (non-hydrogen) atoms. The van der Waals surface area contributed by atoms with Crippen LogP contribution in [0, 0.1) is 0 Å². The molecule has 0 saturated carbocycles. The molecule has 0 aliphatic rings. The van der Waals surface area contributed by atoms with E-state index in [4.69, 9.17) is 0 Å². The molecule has 0 aliphatic heterocycles. The number of hydrogen-bond donors (Lipinski definition) is 2. The number of nitrogens with one attached hydrogen (secondary N) is 2. The molecule has 0 spiro atoms. The van der Waals surface area contributed by atoms with Crippen LogP contribution in [0.25, 0.3) is 0 Å². The molecule has 0 radical (unpaired) electrons. The van der Waals surface area contributed by atoms with Crippen molar-refractivity contribution >= 4 is 11.3 Å². The Labute approximate surface area is 99.9 Å². The van der Waals surface area contributed by atoms with Crippen molar-refractivity contribution in [2.45, 2.75) is 25.8 Å². The third-order valence-electron chi connectivity index (χ3n) is 2.60. The number of imidazole rings is 1. The minimum atomic E-state index is 0.481. The van der Waals surface area contributed by atoms with Crippen molar-refractivity contribution in [1.82, 2.24) is 15.3 Å². The second-order valence-corrected chi connectivity index (χ2v) is 4.70. The molecule has 1 atom stereocenters. The van der Waals surface area contributed by atoms with Gasteiger partial charge in [0.1, 0.15) is 5.82 Å². The lowest BCUT2D eigenvalue weighted by molar-refractivity contribution is 0.526. The Balaban J connectivity index is 1.80. The summed E-state index contributed by atoms with van der Waals surface area (Å²) < 4.78 is 0. The van der Waals surface area contributed by atoms with Crippen molar-refractivity contribution in [3.8, 4) is 0 Å². The van der Waals surface area contributed by atoms with Gasteiger partial charge in [0.2, 0.25) is 0 Å². The third-order valence-corrected chi connectivity index (χ3v) is 3.59. The van der Waals surface area contributed by atoms with Gasteiger partial charge in [-0.05, 0) is 17.9 Å². The zero-order chi connectivity index (χ0) is 11.2. The van der Waals surface area contributed by atoms with Crippen LogP contribution in [0.1, 0.15) is 30.1 Å². The molecular weight excluding hydrogens is 218 g/mol. The molecule has 0 fully saturated rings. The number of hydrogen-bond acceptors (Lipinski definition) is 3. The highest BCUT2D eigenvalue weighted by molar-refractivity contribution is 7.10. The van der Waals surface area contributed by atoms with Gasteiger partial charge in [-0.3, -0.25) is 0 Å². The quantitative estimate of drug-likeness (QED) is 0.808. The van der Waals surface area contributed by atoms with Crippen molar-refractivity contribution in [3.05, 3.63) is 40.6 Å². The van der Waals surface area contributed by atoms with Crippen LogP contribution >= 0.6 is 11.3 Å². The molecule has 0 aliphatic carbocycles. The van der Waals surface area contributed by atoms with Crippen molar-refractivity contribution in [2.75, 3.05) is 6.54 Å². The van der Waals surface area contributed by atoms with Gasteiger partial charge >= 0.3 is 0 Å². The first-order valence-electron chi connectivity index (χ1n) is 5.65. The normalized spacial score (nSPS) is 12.8. The number of aromatic nitrogens is 2. The molecule has 2 rings (SSSR count). The summed E-state index contributed by atoms with van der Waals surface area (Å²) in [5.74, 6) is 1.05. The first kappa shape index (κ1) is 11.4. The fourth-order valence-corrected chi connectivity index (χ4v) is 2.62. The molecule has 86 valence electrons. The summed E-state index contributed by atoms with van der Waals surface area (Å²) in [7, 11) is 0. The summed E-state index contributed by atoms with van der Waals surface area (Å²) in [5, 5.41) is 5.69. The lowest BCUT2D eigenvalue weighted by Gasteiger charge is -2.14. The summed E-state index contributed by atoms with van der Waals surface area (Å²) in [6, 6.07) is 4.78. The number of H-pyrrole nitrogens is 1. The summed E-state index contributed by atoms with van der Waals surface area (Å²) in [5.41, 5.74) is 0. The second-order valence-electron chi connectivity index (χ2n) is 3.72. The van der Waals surface area contributed by atoms with E-state index in [2.05, 4.69) is 39.7 Å². The Hall–Kier alpha value is -1.13. The zero-order valence-corrected chi connectivity index (χ0v) is 10.3. The maximum absolute atomic E-state index is 4.21. The SMILES string of the molecule is CCC(NCCc1ncc[nH]1)c1cccs1. The van der Waals surface area contributed by atoms with Crippen LogP contribution in [0.3, 0.4) is 0 Å². The smallest absolute Gasteiger partial charge is 0.107 e. The predicted molar refractivity (Wildman–Crippen MR) is 67.6 cm³/mol. The lowest BCUT2D eigenvalue weighted by atomic mass is 10.2. The third kappa shape index (κ3) is 2.93. The molecule has 1 unspecified atom stereocenters. The summed E-state index contributed by atoms with van der Waals surface area (Å²) in [6.07, 6.45) is 5.74. The second kappa shape index (κ2) is 5.82. The lowest BCUT2D eigenvalue weighted by Crippen LogP contribution is -2.22. The topological polar surface area (TPSA) is 40.7 Å². The predicted octanol–water partition coefficient (Wildman–Crippen LogP) is 2.75. The molecule has 2 heterocycles. The van der Waals surface area contributed by atoms with Gasteiger partial charge in [-0.1, -0.05) is 13.0 Å². The van der Waals surface area contributed by atoms with Crippen LogP contribution in [-0.4, -0.2) is 16.5 Å². The van der Waals surface area contributed by atoms with E-state index in [1.807, 2.05) is 17.5 Å². The number of aromatic amines is 1. The first-order valence-corrected chi connectivity index (χ1v) is 6.53. The van der Waals surface area contributed by atoms with Crippen LogP contribution in [-0.2, 0) is 6.42 Å². The van der Waals surface area contributed by atoms with E-state index < -0.39 is 0 Å². The van der Waals surface area contributed by atoms with Gasteiger partial charge < -0.3 is 10.3 Å². The Morgan fingerprint density at radius 1 is 1.56 bits per heavy atom. The molecule has 0 amide bonds. The van der Waals surface area contributed by atoms with E-state index in [1.165, 1.54) is 4.88 Å². The van der Waals surface area contributed by atoms with Crippen molar-refractivity contribution < 1.29 is 0 Å². The van der Waals surface area contributed by atoms with E-state index in [1.54, 1.807) is 6.20 Å². The van der Waals surface area contributed by atoms with Gasteiger partial charge in [0.05, 0.1) is 0 Å². The van der Waals surface area contributed by atoms with Crippen LogP contribution in [0.2, 0.25) is 0 Å². The largest absolute Gasteiger partial charge is 0.349 e. The van der Waals surface area contributed by atoms with Crippen LogP contribution in [0.5, 0.6) is 0 Å². The average Bonchev–Trinajstić information content (AvgIpc) is 2.96. The molecular formula is C12H17N3S. The molecule has 2 aromatic heterocycles. The van der Waals surface area contributed by atoms with Crippen LogP contribution in [0.15, 0.2) is 29.9 Å². The Bertz CT molecular complexity index is 380. The van der Waals surface area contributed by atoms with Gasteiger partial charge in [-0.15, -0.1) is 11.3 Å².